The highest BCUT2D eigenvalue weighted by Gasteiger charge is 2.47. The van der Waals surface area contributed by atoms with E-state index in [4.69, 9.17) is 0 Å². The summed E-state index contributed by atoms with van der Waals surface area (Å²) in [6.07, 6.45) is 20.5. The first-order valence-electron chi connectivity index (χ1n) is 12.1. The zero-order chi connectivity index (χ0) is 17.9. The van der Waals surface area contributed by atoms with Crippen molar-refractivity contribution in [2.45, 2.75) is 115 Å². The maximum absolute atomic E-state index is 11.5. The van der Waals surface area contributed by atoms with Crippen LogP contribution in [0, 0.1) is 35.5 Å². The fourth-order valence-corrected chi connectivity index (χ4v) is 7.59. The van der Waals surface area contributed by atoms with Crippen LogP contribution >= 0.6 is 0 Å². The van der Waals surface area contributed by atoms with E-state index in [2.05, 4.69) is 0 Å². The van der Waals surface area contributed by atoms with Crippen LogP contribution < -0.4 is 0 Å². The highest BCUT2D eigenvalue weighted by Crippen LogP contribution is 2.48. The number of hydrogen-bond acceptors (Lipinski definition) is 2. The van der Waals surface area contributed by atoms with Crippen molar-refractivity contribution in [1.29, 1.82) is 0 Å². The van der Waals surface area contributed by atoms with Gasteiger partial charge in [0.05, 0.1) is 12.2 Å². The molecular formula is C24H42O2. The summed E-state index contributed by atoms with van der Waals surface area (Å²) in [6.45, 7) is 0. The number of fused-ring (bicyclic) bond motifs is 1. The van der Waals surface area contributed by atoms with Gasteiger partial charge in [0.2, 0.25) is 0 Å². The molecule has 4 aliphatic carbocycles. The molecule has 0 radical (unpaired) electrons. The standard InChI is InChI=1S/C24H42O2/c25-23-20(17-9-3-1-4-10-17)15-7-13-19-14-8-16-21(24(26)22(19)23)18-11-5-2-6-12-18/h17-26H,1-16H2/t19?,20-,21+,22?,23?,24?. The van der Waals surface area contributed by atoms with E-state index in [0.29, 0.717) is 17.8 Å². The third-order valence-electron chi connectivity index (χ3n) is 8.95. The van der Waals surface area contributed by atoms with E-state index in [-0.39, 0.29) is 18.1 Å². The Morgan fingerprint density at radius 2 is 0.769 bits per heavy atom. The van der Waals surface area contributed by atoms with Crippen LogP contribution in [0.2, 0.25) is 0 Å². The Hall–Kier alpha value is -0.0800. The molecule has 6 atom stereocenters. The minimum atomic E-state index is -0.246. The van der Waals surface area contributed by atoms with E-state index in [1.807, 2.05) is 0 Å². The molecule has 4 saturated carbocycles. The molecule has 0 aliphatic heterocycles. The molecule has 0 aromatic heterocycles. The highest BCUT2D eigenvalue weighted by molar-refractivity contribution is 4.97. The molecule has 4 fully saturated rings. The predicted octanol–water partition coefficient (Wildman–Crippen LogP) is 5.70. The van der Waals surface area contributed by atoms with Gasteiger partial charge in [-0.3, -0.25) is 0 Å². The van der Waals surface area contributed by atoms with Crippen LogP contribution in [0.15, 0.2) is 0 Å². The lowest BCUT2D eigenvalue weighted by molar-refractivity contribution is -0.0806. The molecule has 150 valence electrons. The summed E-state index contributed by atoms with van der Waals surface area (Å²) < 4.78 is 0. The highest BCUT2D eigenvalue weighted by atomic mass is 16.3. The van der Waals surface area contributed by atoms with Crippen LogP contribution in [0.5, 0.6) is 0 Å². The first-order chi connectivity index (χ1) is 12.8. The lowest BCUT2D eigenvalue weighted by atomic mass is 9.67. The molecule has 2 N–H and O–H groups in total. The van der Waals surface area contributed by atoms with Gasteiger partial charge in [-0.05, 0) is 55.3 Å². The lowest BCUT2D eigenvalue weighted by Crippen LogP contribution is -2.45. The molecule has 4 rings (SSSR count). The van der Waals surface area contributed by atoms with E-state index in [0.717, 1.165) is 11.8 Å². The molecule has 0 bridgehead atoms. The first-order valence-corrected chi connectivity index (χ1v) is 12.1. The molecule has 0 aromatic carbocycles. The summed E-state index contributed by atoms with van der Waals surface area (Å²) >= 11 is 0. The Morgan fingerprint density at radius 3 is 1.19 bits per heavy atom. The largest absolute Gasteiger partial charge is 0.392 e. The van der Waals surface area contributed by atoms with E-state index in [9.17, 15) is 10.2 Å². The predicted molar refractivity (Wildman–Crippen MR) is 107 cm³/mol. The topological polar surface area (TPSA) is 40.5 Å². The second kappa shape index (κ2) is 8.95. The van der Waals surface area contributed by atoms with Gasteiger partial charge in [-0.25, -0.2) is 0 Å². The minimum Gasteiger partial charge on any atom is -0.392 e. The lowest BCUT2D eigenvalue weighted by Gasteiger charge is -2.42. The number of aliphatic hydroxyl groups excluding tert-OH is 2. The van der Waals surface area contributed by atoms with Crippen molar-refractivity contribution in [3.63, 3.8) is 0 Å². The van der Waals surface area contributed by atoms with Crippen LogP contribution in [-0.2, 0) is 0 Å². The summed E-state index contributed by atoms with van der Waals surface area (Å²) in [5, 5.41) is 23.1. The second-order valence-corrected chi connectivity index (χ2v) is 10.3. The van der Waals surface area contributed by atoms with Crippen LogP contribution in [0.1, 0.15) is 103 Å². The molecule has 0 spiro atoms. The average Bonchev–Trinajstić information content (AvgIpc) is 2.95. The zero-order valence-corrected chi connectivity index (χ0v) is 16.8. The molecule has 0 heterocycles. The smallest absolute Gasteiger partial charge is 0.0626 e. The van der Waals surface area contributed by atoms with E-state index in [1.165, 1.54) is 103 Å². The molecule has 2 heteroatoms. The number of rotatable bonds is 2. The van der Waals surface area contributed by atoms with Gasteiger partial charge in [-0.2, -0.15) is 0 Å². The van der Waals surface area contributed by atoms with Gasteiger partial charge < -0.3 is 10.2 Å². The molecular weight excluding hydrogens is 320 g/mol. The maximum atomic E-state index is 11.5. The van der Waals surface area contributed by atoms with E-state index < -0.39 is 0 Å². The second-order valence-electron chi connectivity index (χ2n) is 10.3. The van der Waals surface area contributed by atoms with Gasteiger partial charge in [0, 0.05) is 5.92 Å². The summed E-state index contributed by atoms with van der Waals surface area (Å²) in [5.74, 6) is 3.11. The van der Waals surface area contributed by atoms with E-state index >= 15 is 0 Å². The average molecular weight is 363 g/mol. The van der Waals surface area contributed by atoms with Crippen molar-refractivity contribution in [3.05, 3.63) is 0 Å². The van der Waals surface area contributed by atoms with Gasteiger partial charge in [0.15, 0.2) is 0 Å². The Kier molecular flexibility index (Phi) is 6.62. The molecule has 0 aromatic rings. The molecule has 4 aliphatic rings. The normalized spacial score (nSPS) is 44.1. The van der Waals surface area contributed by atoms with Crippen molar-refractivity contribution in [2.75, 3.05) is 0 Å². The Labute approximate surface area is 161 Å². The molecule has 0 amide bonds. The van der Waals surface area contributed by atoms with E-state index in [1.54, 1.807) is 0 Å². The van der Waals surface area contributed by atoms with Crippen molar-refractivity contribution in [2.24, 2.45) is 35.5 Å². The van der Waals surface area contributed by atoms with Gasteiger partial charge in [0.25, 0.3) is 0 Å². The summed E-state index contributed by atoms with van der Waals surface area (Å²) in [6, 6.07) is 0. The number of hydrogen-bond donors (Lipinski definition) is 2. The van der Waals surface area contributed by atoms with Gasteiger partial charge >= 0.3 is 0 Å². The van der Waals surface area contributed by atoms with Gasteiger partial charge in [0.1, 0.15) is 0 Å². The van der Waals surface area contributed by atoms with Gasteiger partial charge in [-0.1, -0.05) is 77.0 Å². The van der Waals surface area contributed by atoms with Crippen LogP contribution in [-0.4, -0.2) is 22.4 Å². The monoisotopic (exact) mass is 362 g/mol. The fraction of sp³-hybridized carbons (Fsp3) is 1.00. The maximum Gasteiger partial charge on any atom is 0.0626 e. The number of aliphatic hydroxyl groups is 2. The Bertz CT molecular complexity index is 386. The third kappa shape index (κ3) is 4.02. The third-order valence-corrected chi connectivity index (χ3v) is 8.95. The van der Waals surface area contributed by atoms with Crippen molar-refractivity contribution >= 4 is 0 Å². The SMILES string of the molecule is OC1C2C(CCC[C@@H]1C1CCCCC1)CCC[C@@H](C1CCCCC1)C2O. The molecule has 0 saturated heterocycles. The Balaban J connectivity index is 1.52. The summed E-state index contributed by atoms with van der Waals surface area (Å²) in [5.41, 5.74) is 0. The fourth-order valence-electron chi connectivity index (χ4n) is 7.59. The first kappa shape index (κ1) is 19.2. The van der Waals surface area contributed by atoms with Crippen LogP contribution in [0.25, 0.3) is 0 Å². The zero-order valence-electron chi connectivity index (χ0n) is 16.8. The molecule has 4 unspecified atom stereocenters. The van der Waals surface area contributed by atoms with Crippen LogP contribution in [0.4, 0.5) is 0 Å². The van der Waals surface area contributed by atoms with Gasteiger partial charge in [-0.15, -0.1) is 0 Å². The van der Waals surface area contributed by atoms with Crippen LogP contribution in [0.3, 0.4) is 0 Å². The summed E-state index contributed by atoms with van der Waals surface area (Å²) in [4.78, 5) is 0. The molecule has 2 nitrogen and oxygen atoms in total. The minimum absolute atomic E-state index is 0.166. The molecule has 26 heavy (non-hydrogen) atoms. The van der Waals surface area contributed by atoms with Crippen molar-refractivity contribution in [3.8, 4) is 0 Å². The summed E-state index contributed by atoms with van der Waals surface area (Å²) in [7, 11) is 0. The Morgan fingerprint density at radius 1 is 0.385 bits per heavy atom. The van der Waals surface area contributed by atoms with Crippen molar-refractivity contribution < 1.29 is 10.2 Å². The quantitative estimate of drug-likeness (QED) is 0.661. The van der Waals surface area contributed by atoms with Crippen molar-refractivity contribution in [1.82, 2.24) is 0 Å².